The number of halogens is 3. The van der Waals surface area contributed by atoms with Gasteiger partial charge in [0.05, 0.1) is 6.04 Å². The van der Waals surface area contributed by atoms with E-state index in [1.807, 2.05) is 17.5 Å². The molecule has 1 saturated heterocycles. The summed E-state index contributed by atoms with van der Waals surface area (Å²) >= 11 is 1.57. The summed E-state index contributed by atoms with van der Waals surface area (Å²) in [6.45, 7) is 0.199. The number of nitrogens with zero attached hydrogens (tertiary/aromatic N) is 1. The lowest BCUT2D eigenvalue weighted by Gasteiger charge is -2.29. The number of fused-ring (bicyclic) bond motifs is 1. The van der Waals surface area contributed by atoms with Crippen LogP contribution in [0.5, 0.6) is 0 Å². The monoisotopic (exact) mass is 344 g/mol. The quantitative estimate of drug-likeness (QED) is 0.870. The first-order valence-corrected chi connectivity index (χ1v) is 8.04. The summed E-state index contributed by atoms with van der Waals surface area (Å²) in [5.41, 5.74) is 0.521. The summed E-state index contributed by atoms with van der Waals surface area (Å²) in [7, 11) is 0. The third-order valence-corrected chi connectivity index (χ3v) is 4.86. The molecule has 2 atom stereocenters. The predicted molar refractivity (Wildman–Crippen MR) is 82.6 cm³/mol. The van der Waals surface area contributed by atoms with Crippen LogP contribution in [0.2, 0.25) is 0 Å². The van der Waals surface area contributed by atoms with Crippen LogP contribution in [-0.2, 0) is 0 Å². The average molecular weight is 344 g/mol. The molecule has 0 spiro atoms. The van der Waals surface area contributed by atoms with Gasteiger partial charge in [-0.15, -0.1) is 11.3 Å². The molecule has 2 N–H and O–H groups in total. The van der Waals surface area contributed by atoms with Crippen molar-refractivity contribution in [1.29, 1.82) is 0 Å². The number of aliphatic hydroxyl groups is 1. The number of hydrogen-bond donors (Lipinski definition) is 2. The van der Waals surface area contributed by atoms with Crippen LogP contribution in [0.1, 0.15) is 12.8 Å². The molecule has 1 fully saturated rings. The summed E-state index contributed by atoms with van der Waals surface area (Å²) in [5.74, 6) is 0. The number of hydrogen-bond acceptors (Lipinski definition) is 3. The minimum Gasteiger partial charge on any atom is -0.382 e. The van der Waals surface area contributed by atoms with Crippen molar-refractivity contribution in [1.82, 2.24) is 4.90 Å². The van der Waals surface area contributed by atoms with E-state index in [0.29, 0.717) is 12.1 Å². The Morgan fingerprint density at radius 3 is 2.91 bits per heavy atom. The fraction of sp³-hybridized carbons (Fsp3) is 0.400. The molecule has 0 saturated carbocycles. The molecular weight excluding hydrogens is 329 g/mol. The number of rotatable bonds is 2. The van der Waals surface area contributed by atoms with Gasteiger partial charge in [0.2, 0.25) is 0 Å². The largest absolute Gasteiger partial charge is 0.416 e. The number of benzene rings is 1. The van der Waals surface area contributed by atoms with Gasteiger partial charge in [-0.05, 0) is 47.9 Å². The second kappa shape index (κ2) is 6.01. The molecule has 2 aromatic rings. The summed E-state index contributed by atoms with van der Waals surface area (Å²) in [6.07, 6.45) is -6.68. The molecular formula is C15H15F3N2O2S. The van der Waals surface area contributed by atoms with Gasteiger partial charge in [0.25, 0.3) is 0 Å². The molecule has 1 aliphatic heterocycles. The van der Waals surface area contributed by atoms with Crippen molar-refractivity contribution in [2.45, 2.75) is 31.2 Å². The van der Waals surface area contributed by atoms with E-state index in [9.17, 15) is 23.1 Å². The van der Waals surface area contributed by atoms with Crippen LogP contribution in [-0.4, -0.2) is 40.9 Å². The number of alkyl halides is 3. The van der Waals surface area contributed by atoms with Gasteiger partial charge in [0.1, 0.15) is 0 Å². The Labute approximate surface area is 134 Å². The highest BCUT2D eigenvalue weighted by Crippen LogP contribution is 2.31. The van der Waals surface area contributed by atoms with Crippen molar-refractivity contribution in [3.63, 3.8) is 0 Å². The lowest BCUT2D eigenvalue weighted by Crippen LogP contribution is -2.50. The molecule has 8 heteroatoms. The normalized spacial score (nSPS) is 20.0. The number of nitrogens with one attached hydrogen (secondary N) is 1. The van der Waals surface area contributed by atoms with Crippen molar-refractivity contribution in [2.75, 3.05) is 11.9 Å². The zero-order chi connectivity index (χ0) is 16.6. The number of amides is 2. The highest BCUT2D eigenvalue weighted by atomic mass is 32.1. The SMILES string of the molecule is O=C(Nc1ccc2sccc2c1)N1CCC[C@@H]1[C@H](O)C(F)(F)F. The van der Waals surface area contributed by atoms with Gasteiger partial charge < -0.3 is 15.3 Å². The Bertz CT molecular complexity index is 716. The number of thiophene rings is 1. The third-order valence-electron chi connectivity index (χ3n) is 3.96. The second-order valence-electron chi connectivity index (χ2n) is 5.49. The van der Waals surface area contributed by atoms with Crippen molar-refractivity contribution >= 4 is 33.1 Å². The van der Waals surface area contributed by atoms with Gasteiger partial charge in [-0.2, -0.15) is 13.2 Å². The van der Waals surface area contributed by atoms with Gasteiger partial charge >= 0.3 is 12.2 Å². The van der Waals surface area contributed by atoms with E-state index < -0.39 is 24.4 Å². The van der Waals surface area contributed by atoms with Gasteiger partial charge in [0, 0.05) is 16.9 Å². The lowest BCUT2D eigenvalue weighted by molar-refractivity contribution is -0.216. The molecule has 2 heterocycles. The molecule has 23 heavy (non-hydrogen) atoms. The first-order valence-electron chi connectivity index (χ1n) is 7.16. The molecule has 124 valence electrons. The van der Waals surface area contributed by atoms with Gasteiger partial charge in [0.15, 0.2) is 6.10 Å². The Morgan fingerprint density at radius 1 is 1.39 bits per heavy atom. The van der Waals surface area contributed by atoms with Gasteiger partial charge in [-0.3, -0.25) is 0 Å². The van der Waals surface area contributed by atoms with Crippen molar-refractivity contribution in [3.8, 4) is 0 Å². The molecule has 0 unspecified atom stereocenters. The maximum absolute atomic E-state index is 12.7. The first kappa shape index (κ1) is 16.1. The van der Waals surface area contributed by atoms with Crippen LogP contribution >= 0.6 is 11.3 Å². The smallest absolute Gasteiger partial charge is 0.382 e. The molecule has 0 bridgehead atoms. The highest BCUT2D eigenvalue weighted by molar-refractivity contribution is 7.17. The number of urea groups is 1. The van der Waals surface area contributed by atoms with Crippen LogP contribution in [0.25, 0.3) is 10.1 Å². The molecule has 2 amide bonds. The Hall–Kier alpha value is -1.80. The molecule has 0 radical (unpaired) electrons. The van der Waals surface area contributed by atoms with E-state index in [-0.39, 0.29) is 13.0 Å². The fourth-order valence-corrected chi connectivity index (χ4v) is 3.60. The highest BCUT2D eigenvalue weighted by Gasteiger charge is 2.48. The fourth-order valence-electron chi connectivity index (χ4n) is 2.83. The summed E-state index contributed by atoms with van der Waals surface area (Å²) < 4.78 is 39.2. The number of aliphatic hydroxyl groups excluding tert-OH is 1. The van der Waals surface area contributed by atoms with Gasteiger partial charge in [-0.25, -0.2) is 4.79 Å². The van der Waals surface area contributed by atoms with Crippen LogP contribution in [0.4, 0.5) is 23.7 Å². The minimum absolute atomic E-state index is 0.137. The third kappa shape index (κ3) is 3.28. The standard InChI is InChI=1S/C15H15F3N2O2S/c16-15(17,18)13(21)11-2-1-6-20(11)14(22)19-10-3-4-12-9(8-10)5-7-23-12/h3-5,7-8,11,13,21H,1-2,6H2,(H,19,22)/t11-,13+/m1/s1. The number of anilines is 1. The second-order valence-corrected chi connectivity index (χ2v) is 6.44. The first-order chi connectivity index (χ1) is 10.9. The number of carbonyl (C=O) groups excluding carboxylic acids is 1. The Kier molecular flexibility index (Phi) is 4.20. The Balaban J connectivity index is 1.73. The van der Waals surface area contributed by atoms with Crippen LogP contribution < -0.4 is 5.32 Å². The van der Waals surface area contributed by atoms with Crippen molar-refractivity contribution < 1.29 is 23.1 Å². The number of carbonyl (C=O) groups is 1. The molecule has 1 aliphatic rings. The summed E-state index contributed by atoms with van der Waals surface area (Å²) in [6, 6.07) is 5.38. The van der Waals surface area contributed by atoms with E-state index in [1.54, 1.807) is 23.5 Å². The van der Waals surface area contributed by atoms with E-state index in [4.69, 9.17) is 0 Å². The maximum atomic E-state index is 12.7. The average Bonchev–Trinajstić information content (AvgIpc) is 3.13. The molecule has 1 aromatic carbocycles. The molecule has 0 aliphatic carbocycles. The van der Waals surface area contributed by atoms with Gasteiger partial charge in [-0.1, -0.05) is 0 Å². The Morgan fingerprint density at radius 2 is 2.17 bits per heavy atom. The molecule has 1 aromatic heterocycles. The minimum atomic E-state index is -4.73. The van der Waals surface area contributed by atoms with E-state index in [2.05, 4.69) is 5.32 Å². The van der Waals surface area contributed by atoms with Crippen LogP contribution in [0.15, 0.2) is 29.6 Å². The number of likely N-dealkylation sites (tertiary alicyclic amines) is 1. The van der Waals surface area contributed by atoms with E-state index in [0.717, 1.165) is 15.0 Å². The van der Waals surface area contributed by atoms with E-state index >= 15 is 0 Å². The maximum Gasteiger partial charge on any atom is 0.416 e. The molecule has 3 rings (SSSR count). The van der Waals surface area contributed by atoms with Crippen molar-refractivity contribution in [3.05, 3.63) is 29.6 Å². The lowest BCUT2D eigenvalue weighted by atomic mass is 10.1. The van der Waals surface area contributed by atoms with Crippen LogP contribution in [0, 0.1) is 0 Å². The topological polar surface area (TPSA) is 52.6 Å². The summed E-state index contributed by atoms with van der Waals surface area (Å²) in [5, 5.41) is 14.9. The predicted octanol–water partition coefficient (Wildman–Crippen LogP) is 3.82. The summed E-state index contributed by atoms with van der Waals surface area (Å²) in [4.78, 5) is 13.3. The zero-order valence-corrected chi connectivity index (χ0v) is 12.8. The van der Waals surface area contributed by atoms with E-state index in [1.165, 1.54) is 0 Å². The van der Waals surface area contributed by atoms with Crippen LogP contribution in [0.3, 0.4) is 0 Å². The van der Waals surface area contributed by atoms with Crippen molar-refractivity contribution in [2.24, 2.45) is 0 Å². The molecule has 4 nitrogen and oxygen atoms in total. The zero-order valence-electron chi connectivity index (χ0n) is 12.0.